The summed E-state index contributed by atoms with van der Waals surface area (Å²) in [6, 6.07) is 0. The summed E-state index contributed by atoms with van der Waals surface area (Å²) in [5.41, 5.74) is 0.491. The third-order valence-electron chi connectivity index (χ3n) is 4.30. The number of esters is 1. The fourth-order valence-corrected chi connectivity index (χ4v) is 2.74. The van der Waals surface area contributed by atoms with Crippen LogP contribution in [-0.4, -0.2) is 12.6 Å². The van der Waals surface area contributed by atoms with Gasteiger partial charge < -0.3 is 4.74 Å². The van der Waals surface area contributed by atoms with Crippen molar-refractivity contribution >= 4 is 5.97 Å². The van der Waals surface area contributed by atoms with Crippen LogP contribution < -0.4 is 0 Å². The molecule has 0 amide bonds. The van der Waals surface area contributed by atoms with Crippen molar-refractivity contribution < 1.29 is 9.53 Å². The van der Waals surface area contributed by atoms with Crippen molar-refractivity contribution in [1.29, 1.82) is 0 Å². The van der Waals surface area contributed by atoms with Crippen LogP contribution in [0.25, 0.3) is 0 Å². The second-order valence-electron chi connectivity index (χ2n) is 6.05. The van der Waals surface area contributed by atoms with Crippen molar-refractivity contribution in [3.63, 3.8) is 0 Å². The van der Waals surface area contributed by atoms with E-state index in [9.17, 15) is 4.79 Å². The Morgan fingerprint density at radius 1 is 1.22 bits per heavy atom. The van der Waals surface area contributed by atoms with Gasteiger partial charge in [-0.05, 0) is 43.9 Å². The Kier molecular flexibility index (Phi) is 6.45. The van der Waals surface area contributed by atoms with E-state index >= 15 is 0 Å². The lowest BCUT2D eigenvalue weighted by molar-refractivity contribution is -0.139. The fourth-order valence-electron chi connectivity index (χ4n) is 2.74. The summed E-state index contributed by atoms with van der Waals surface area (Å²) in [6.07, 6.45) is 7.61. The van der Waals surface area contributed by atoms with Crippen LogP contribution in [0.15, 0.2) is 12.2 Å². The third kappa shape index (κ3) is 5.24. The average molecular weight is 252 g/mol. The molecule has 0 aromatic carbocycles. The van der Waals surface area contributed by atoms with Gasteiger partial charge in [0.25, 0.3) is 0 Å². The zero-order chi connectivity index (χ0) is 13.5. The molecule has 0 spiro atoms. The van der Waals surface area contributed by atoms with Gasteiger partial charge in [0.15, 0.2) is 0 Å². The van der Waals surface area contributed by atoms with Gasteiger partial charge >= 0.3 is 5.97 Å². The van der Waals surface area contributed by atoms with E-state index in [4.69, 9.17) is 4.74 Å². The second-order valence-corrected chi connectivity index (χ2v) is 6.05. The molecule has 0 radical (unpaired) electrons. The van der Waals surface area contributed by atoms with Crippen LogP contribution in [0.4, 0.5) is 0 Å². The number of carbonyl (C=O) groups is 1. The lowest BCUT2D eigenvalue weighted by Crippen LogP contribution is -2.20. The summed E-state index contributed by atoms with van der Waals surface area (Å²) in [5.74, 6) is 2.42. The van der Waals surface area contributed by atoms with Crippen LogP contribution in [0.5, 0.6) is 0 Å². The molecule has 0 bridgehead atoms. The molecule has 1 aliphatic carbocycles. The van der Waals surface area contributed by atoms with Crippen molar-refractivity contribution in [1.82, 2.24) is 0 Å². The molecular formula is C16H28O2. The zero-order valence-corrected chi connectivity index (χ0v) is 12.2. The Morgan fingerprint density at radius 2 is 1.94 bits per heavy atom. The summed E-state index contributed by atoms with van der Waals surface area (Å²) >= 11 is 0. The highest BCUT2D eigenvalue weighted by Crippen LogP contribution is 2.35. The van der Waals surface area contributed by atoms with E-state index in [0.717, 1.165) is 24.2 Å². The molecule has 0 aromatic heterocycles. The normalized spacial score (nSPS) is 27.8. The first-order valence-corrected chi connectivity index (χ1v) is 7.33. The first-order chi connectivity index (χ1) is 8.50. The van der Waals surface area contributed by atoms with Crippen LogP contribution in [0.2, 0.25) is 0 Å². The van der Waals surface area contributed by atoms with Gasteiger partial charge in [0.1, 0.15) is 0 Å². The molecule has 1 aliphatic rings. The molecule has 104 valence electrons. The molecule has 3 unspecified atom stereocenters. The van der Waals surface area contributed by atoms with Crippen molar-refractivity contribution in [3.05, 3.63) is 12.2 Å². The van der Waals surface area contributed by atoms with Gasteiger partial charge in [0, 0.05) is 5.57 Å². The van der Waals surface area contributed by atoms with E-state index in [2.05, 4.69) is 20.4 Å². The van der Waals surface area contributed by atoms with E-state index in [-0.39, 0.29) is 5.97 Å². The Morgan fingerprint density at radius 3 is 2.56 bits per heavy atom. The van der Waals surface area contributed by atoms with Crippen molar-refractivity contribution in [2.24, 2.45) is 17.8 Å². The molecule has 0 N–H and O–H groups in total. The molecule has 1 rings (SSSR count). The maximum Gasteiger partial charge on any atom is 0.333 e. The zero-order valence-electron chi connectivity index (χ0n) is 12.2. The minimum Gasteiger partial charge on any atom is -0.462 e. The monoisotopic (exact) mass is 252 g/mol. The summed E-state index contributed by atoms with van der Waals surface area (Å²) in [7, 11) is 0. The highest BCUT2D eigenvalue weighted by atomic mass is 16.5. The molecular weight excluding hydrogens is 224 g/mol. The quantitative estimate of drug-likeness (QED) is 0.399. The van der Waals surface area contributed by atoms with E-state index in [1.807, 2.05) is 0 Å². The van der Waals surface area contributed by atoms with E-state index in [1.165, 1.54) is 32.1 Å². The van der Waals surface area contributed by atoms with Crippen LogP contribution in [0.3, 0.4) is 0 Å². The summed E-state index contributed by atoms with van der Waals surface area (Å²) in [6.45, 7) is 10.6. The summed E-state index contributed by atoms with van der Waals surface area (Å²) < 4.78 is 5.09. The van der Waals surface area contributed by atoms with Gasteiger partial charge in [-0.25, -0.2) is 4.79 Å². The smallest absolute Gasteiger partial charge is 0.333 e. The molecule has 0 saturated heterocycles. The SMILES string of the molecule is C=C(C)C(=O)OCCCCC1CCC(C)C(C)C1. The van der Waals surface area contributed by atoms with Gasteiger partial charge in [-0.1, -0.05) is 39.7 Å². The Balaban J connectivity index is 2.05. The highest BCUT2D eigenvalue weighted by Gasteiger charge is 2.23. The number of unbranched alkanes of at least 4 members (excludes halogenated alkanes) is 1. The van der Waals surface area contributed by atoms with E-state index in [0.29, 0.717) is 12.2 Å². The van der Waals surface area contributed by atoms with Crippen LogP contribution in [-0.2, 0) is 9.53 Å². The van der Waals surface area contributed by atoms with Gasteiger partial charge in [0.05, 0.1) is 6.61 Å². The van der Waals surface area contributed by atoms with Gasteiger partial charge in [-0.2, -0.15) is 0 Å². The standard InChI is InChI=1S/C16H28O2/c1-12(2)16(17)18-10-6-5-7-15-9-8-13(3)14(4)11-15/h13-15H,1,5-11H2,2-4H3. The molecule has 2 heteroatoms. The van der Waals surface area contributed by atoms with Crippen LogP contribution in [0.1, 0.15) is 59.3 Å². The lowest BCUT2D eigenvalue weighted by Gasteiger charge is -2.32. The van der Waals surface area contributed by atoms with Crippen molar-refractivity contribution in [2.75, 3.05) is 6.61 Å². The topological polar surface area (TPSA) is 26.3 Å². The molecule has 1 saturated carbocycles. The van der Waals surface area contributed by atoms with E-state index in [1.54, 1.807) is 6.92 Å². The largest absolute Gasteiger partial charge is 0.462 e. The van der Waals surface area contributed by atoms with Crippen molar-refractivity contribution in [2.45, 2.75) is 59.3 Å². The first kappa shape index (κ1) is 15.3. The third-order valence-corrected chi connectivity index (χ3v) is 4.30. The molecule has 1 fully saturated rings. The summed E-state index contributed by atoms with van der Waals surface area (Å²) in [5, 5.41) is 0. The maximum absolute atomic E-state index is 11.2. The fraction of sp³-hybridized carbons (Fsp3) is 0.812. The number of carbonyl (C=O) groups excluding carboxylic acids is 1. The Labute approximate surface area is 112 Å². The molecule has 18 heavy (non-hydrogen) atoms. The van der Waals surface area contributed by atoms with Gasteiger partial charge in [0.2, 0.25) is 0 Å². The van der Waals surface area contributed by atoms with E-state index < -0.39 is 0 Å². The van der Waals surface area contributed by atoms with Crippen LogP contribution >= 0.6 is 0 Å². The highest BCUT2D eigenvalue weighted by molar-refractivity contribution is 5.86. The maximum atomic E-state index is 11.2. The minimum absolute atomic E-state index is 0.255. The predicted molar refractivity (Wildman–Crippen MR) is 75.3 cm³/mol. The molecule has 0 aliphatic heterocycles. The predicted octanol–water partition coefficient (Wildman–Crippen LogP) is 4.35. The molecule has 2 nitrogen and oxygen atoms in total. The van der Waals surface area contributed by atoms with Crippen LogP contribution in [0, 0.1) is 17.8 Å². The second kappa shape index (κ2) is 7.60. The van der Waals surface area contributed by atoms with Gasteiger partial charge in [-0.3, -0.25) is 0 Å². The molecule has 0 heterocycles. The Hall–Kier alpha value is -0.790. The molecule has 3 atom stereocenters. The van der Waals surface area contributed by atoms with Crippen molar-refractivity contribution in [3.8, 4) is 0 Å². The Bertz CT molecular complexity index is 283. The lowest BCUT2D eigenvalue weighted by atomic mass is 9.74. The number of ether oxygens (including phenoxy) is 1. The summed E-state index contributed by atoms with van der Waals surface area (Å²) in [4.78, 5) is 11.2. The first-order valence-electron chi connectivity index (χ1n) is 7.33. The van der Waals surface area contributed by atoms with Gasteiger partial charge in [-0.15, -0.1) is 0 Å². The number of hydrogen-bond donors (Lipinski definition) is 0. The number of hydrogen-bond acceptors (Lipinski definition) is 2. The average Bonchev–Trinajstić information content (AvgIpc) is 2.32. The molecule has 0 aromatic rings. The minimum atomic E-state index is -0.255. The number of rotatable bonds is 6.